The lowest BCUT2D eigenvalue weighted by Crippen LogP contribution is -2.18. The number of ether oxygens (including phenoxy) is 1. The molecule has 0 atom stereocenters. The molecular formula is C20H19N3O5S2. The van der Waals surface area contributed by atoms with E-state index < -0.39 is 22.0 Å². The smallest absolute Gasteiger partial charge is 0.411 e. The number of anilines is 3. The van der Waals surface area contributed by atoms with E-state index in [0.29, 0.717) is 17.1 Å². The Kier molecular flexibility index (Phi) is 6.38. The van der Waals surface area contributed by atoms with Crippen LogP contribution in [0.2, 0.25) is 0 Å². The maximum Gasteiger partial charge on any atom is 0.411 e. The fourth-order valence-electron chi connectivity index (χ4n) is 2.50. The normalized spacial score (nSPS) is 10.9. The minimum Gasteiger partial charge on any atom is -0.453 e. The number of carbonyl (C=O) groups is 2. The van der Waals surface area contributed by atoms with Crippen molar-refractivity contribution in [1.29, 1.82) is 0 Å². The first-order chi connectivity index (χ1) is 14.3. The quantitative estimate of drug-likeness (QED) is 0.524. The number of sulfonamides is 1. The van der Waals surface area contributed by atoms with Gasteiger partial charge in [0.1, 0.15) is 9.77 Å². The summed E-state index contributed by atoms with van der Waals surface area (Å²) in [4.78, 5) is 23.8. The van der Waals surface area contributed by atoms with Gasteiger partial charge in [0.2, 0.25) is 0 Å². The van der Waals surface area contributed by atoms with E-state index in [1.165, 1.54) is 13.2 Å². The van der Waals surface area contributed by atoms with E-state index in [1.54, 1.807) is 53.9 Å². The van der Waals surface area contributed by atoms with Crippen molar-refractivity contribution in [2.24, 2.45) is 0 Å². The number of thiophene rings is 1. The Labute approximate surface area is 177 Å². The van der Waals surface area contributed by atoms with Crippen LogP contribution in [0.3, 0.4) is 0 Å². The minimum atomic E-state index is -3.94. The maximum absolute atomic E-state index is 12.8. The van der Waals surface area contributed by atoms with Crippen molar-refractivity contribution in [3.05, 3.63) is 70.4 Å². The lowest BCUT2D eigenvalue weighted by molar-refractivity contribution is 0.102. The van der Waals surface area contributed by atoms with Gasteiger partial charge < -0.3 is 10.1 Å². The number of aryl methyl sites for hydroxylation is 1. The average molecular weight is 446 g/mol. The van der Waals surface area contributed by atoms with Crippen molar-refractivity contribution < 1.29 is 22.7 Å². The molecule has 0 spiro atoms. The zero-order chi connectivity index (χ0) is 21.7. The van der Waals surface area contributed by atoms with E-state index >= 15 is 0 Å². The molecule has 0 aliphatic heterocycles. The molecule has 1 heterocycles. The van der Waals surface area contributed by atoms with Crippen LogP contribution in [0.15, 0.2) is 64.9 Å². The molecule has 0 saturated carbocycles. The highest BCUT2D eigenvalue weighted by Crippen LogP contribution is 2.26. The molecule has 3 N–H and O–H groups in total. The summed E-state index contributed by atoms with van der Waals surface area (Å²) in [5, 5.41) is 6.70. The van der Waals surface area contributed by atoms with Gasteiger partial charge >= 0.3 is 6.09 Å². The Morgan fingerprint density at radius 1 is 0.867 bits per heavy atom. The molecule has 2 amide bonds. The molecule has 0 saturated heterocycles. The molecule has 30 heavy (non-hydrogen) atoms. The molecule has 0 aliphatic rings. The van der Waals surface area contributed by atoms with Crippen LogP contribution >= 0.6 is 11.3 Å². The monoisotopic (exact) mass is 445 g/mol. The topological polar surface area (TPSA) is 114 Å². The summed E-state index contributed by atoms with van der Waals surface area (Å²) in [7, 11) is -2.68. The van der Waals surface area contributed by atoms with E-state index in [4.69, 9.17) is 0 Å². The number of hydrogen-bond donors (Lipinski definition) is 3. The molecular weight excluding hydrogens is 426 g/mol. The average Bonchev–Trinajstić information content (AvgIpc) is 3.22. The van der Waals surface area contributed by atoms with E-state index in [1.807, 2.05) is 6.92 Å². The fourth-order valence-corrected chi connectivity index (χ4v) is 4.88. The number of methoxy groups -OCH3 is 1. The molecule has 10 heteroatoms. The van der Waals surface area contributed by atoms with Crippen LogP contribution in [-0.2, 0) is 14.8 Å². The van der Waals surface area contributed by atoms with Gasteiger partial charge in [0.05, 0.1) is 7.11 Å². The SMILES string of the molecule is COC(=O)Nc1ccc(NC(=O)c2sccc2S(=O)(=O)Nc2ccc(C)cc2)cc1. The van der Waals surface area contributed by atoms with Gasteiger partial charge in [-0.3, -0.25) is 14.8 Å². The Morgan fingerprint density at radius 3 is 2.03 bits per heavy atom. The van der Waals surface area contributed by atoms with Gasteiger partial charge in [-0.25, -0.2) is 13.2 Å². The van der Waals surface area contributed by atoms with Crippen molar-refractivity contribution in [2.75, 3.05) is 22.5 Å². The highest BCUT2D eigenvalue weighted by atomic mass is 32.2. The predicted octanol–water partition coefficient (Wildman–Crippen LogP) is 4.29. The van der Waals surface area contributed by atoms with Crippen molar-refractivity contribution >= 4 is 50.4 Å². The zero-order valence-corrected chi connectivity index (χ0v) is 17.8. The fraction of sp³-hybridized carbons (Fsp3) is 0.100. The lowest BCUT2D eigenvalue weighted by Gasteiger charge is -2.10. The highest BCUT2D eigenvalue weighted by molar-refractivity contribution is 7.93. The Hall–Kier alpha value is -3.37. The number of carbonyl (C=O) groups excluding carboxylic acids is 2. The summed E-state index contributed by atoms with van der Waals surface area (Å²) in [6, 6.07) is 14.6. The molecule has 1 aromatic heterocycles. The molecule has 2 aromatic carbocycles. The number of amides is 2. The summed E-state index contributed by atoms with van der Waals surface area (Å²) in [6.45, 7) is 1.90. The van der Waals surface area contributed by atoms with Gasteiger partial charge in [-0.2, -0.15) is 0 Å². The molecule has 3 rings (SSSR count). The molecule has 8 nitrogen and oxygen atoms in total. The maximum atomic E-state index is 12.8. The van der Waals surface area contributed by atoms with Crippen LogP contribution in [-0.4, -0.2) is 27.5 Å². The third kappa shape index (κ3) is 5.16. The van der Waals surface area contributed by atoms with Gasteiger partial charge in [-0.1, -0.05) is 17.7 Å². The van der Waals surface area contributed by atoms with Gasteiger partial charge in [0.25, 0.3) is 15.9 Å². The first kappa shape index (κ1) is 21.3. The lowest BCUT2D eigenvalue weighted by atomic mass is 10.2. The number of nitrogens with one attached hydrogen (secondary N) is 3. The van der Waals surface area contributed by atoms with Crippen LogP contribution in [0.4, 0.5) is 21.9 Å². The largest absolute Gasteiger partial charge is 0.453 e. The molecule has 0 aliphatic carbocycles. The number of rotatable bonds is 6. The third-order valence-corrected chi connectivity index (χ3v) is 6.47. The van der Waals surface area contributed by atoms with Crippen molar-refractivity contribution in [3.63, 3.8) is 0 Å². The van der Waals surface area contributed by atoms with Gasteiger partial charge in [-0.15, -0.1) is 11.3 Å². The minimum absolute atomic E-state index is 0.0615. The zero-order valence-electron chi connectivity index (χ0n) is 16.1. The molecule has 0 unspecified atom stereocenters. The van der Waals surface area contributed by atoms with Gasteiger partial charge in [0.15, 0.2) is 0 Å². The molecule has 0 radical (unpaired) electrons. The summed E-state index contributed by atoms with van der Waals surface area (Å²) in [5.41, 5.74) is 2.34. The van der Waals surface area contributed by atoms with Crippen LogP contribution in [0.25, 0.3) is 0 Å². The van der Waals surface area contributed by atoms with Crippen molar-refractivity contribution in [3.8, 4) is 0 Å². The van der Waals surface area contributed by atoms with E-state index in [2.05, 4.69) is 20.1 Å². The van der Waals surface area contributed by atoms with Gasteiger partial charge in [-0.05, 0) is 54.8 Å². The summed E-state index contributed by atoms with van der Waals surface area (Å²) < 4.78 is 32.5. The van der Waals surface area contributed by atoms with E-state index in [-0.39, 0.29) is 9.77 Å². The summed E-state index contributed by atoms with van der Waals surface area (Å²) >= 11 is 1.03. The Bertz CT molecular complexity index is 1150. The summed E-state index contributed by atoms with van der Waals surface area (Å²) in [6.07, 6.45) is -0.610. The first-order valence-corrected chi connectivity index (χ1v) is 11.1. The van der Waals surface area contributed by atoms with Crippen LogP contribution in [0.1, 0.15) is 15.2 Å². The second-order valence-electron chi connectivity index (χ2n) is 6.23. The first-order valence-electron chi connectivity index (χ1n) is 8.72. The molecule has 156 valence electrons. The van der Waals surface area contributed by atoms with E-state index in [0.717, 1.165) is 16.9 Å². The Balaban J connectivity index is 1.74. The Morgan fingerprint density at radius 2 is 1.43 bits per heavy atom. The standard InChI is InChI=1S/C20H19N3O5S2/c1-13-3-5-16(6-4-13)23-30(26,27)17-11-12-29-18(17)19(24)21-14-7-9-15(10-8-14)22-20(25)28-2/h3-12,23H,1-2H3,(H,21,24)(H,22,25). The van der Waals surface area contributed by atoms with Gasteiger partial charge in [0, 0.05) is 17.1 Å². The van der Waals surface area contributed by atoms with Crippen molar-refractivity contribution in [2.45, 2.75) is 11.8 Å². The highest BCUT2D eigenvalue weighted by Gasteiger charge is 2.24. The summed E-state index contributed by atoms with van der Waals surface area (Å²) in [5.74, 6) is -0.553. The second-order valence-corrected chi connectivity index (χ2v) is 8.80. The molecule has 3 aromatic rings. The predicted molar refractivity (Wildman–Crippen MR) is 117 cm³/mol. The second kappa shape index (κ2) is 8.97. The number of hydrogen-bond acceptors (Lipinski definition) is 6. The molecule has 0 bridgehead atoms. The van der Waals surface area contributed by atoms with Crippen molar-refractivity contribution in [1.82, 2.24) is 0 Å². The van der Waals surface area contributed by atoms with Crippen LogP contribution < -0.4 is 15.4 Å². The molecule has 0 fully saturated rings. The number of benzene rings is 2. The van der Waals surface area contributed by atoms with E-state index in [9.17, 15) is 18.0 Å². The third-order valence-electron chi connectivity index (χ3n) is 4.00. The van der Waals surface area contributed by atoms with Crippen LogP contribution in [0, 0.1) is 6.92 Å². The van der Waals surface area contributed by atoms with Crippen LogP contribution in [0.5, 0.6) is 0 Å².